The minimum absolute atomic E-state index is 0.471. The highest BCUT2D eigenvalue weighted by molar-refractivity contribution is 7.84. The van der Waals surface area contributed by atoms with Crippen molar-refractivity contribution >= 4 is 10.8 Å². The quantitative estimate of drug-likeness (QED) is 0.575. The second kappa shape index (κ2) is 6.72. The molecule has 0 saturated carbocycles. The van der Waals surface area contributed by atoms with E-state index in [4.69, 9.17) is 11.0 Å². The predicted molar refractivity (Wildman–Crippen MR) is 41.8 cm³/mol. The Balaban J connectivity index is 3.15. The number of nitrogens with zero attached hydrogens (tertiary/aromatic N) is 1. The van der Waals surface area contributed by atoms with Crippen molar-refractivity contribution in [2.24, 2.45) is 5.73 Å². The normalized spacial score (nSPS) is 12.4. The molecule has 0 aliphatic rings. The summed E-state index contributed by atoms with van der Waals surface area (Å²) in [5.41, 5.74) is 5.18. The Labute approximate surface area is 63.7 Å². The average molecular weight is 160 g/mol. The summed E-state index contributed by atoms with van der Waals surface area (Å²) in [6.45, 7) is 0.471. The summed E-state index contributed by atoms with van der Waals surface area (Å²) in [5.74, 6) is 1.18. The van der Waals surface area contributed by atoms with Crippen molar-refractivity contribution in [3.05, 3.63) is 0 Å². The molecule has 0 amide bonds. The fourth-order valence-electron chi connectivity index (χ4n) is 0.546. The number of unbranched alkanes of at least 4 members (excludes halogenated alkanes) is 1. The molecule has 0 rings (SSSR count). The van der Waals surface area contributed by atoms with E-state index in [0.717, 1.165) is 6.42 Å². The van der Waals surface area contributed by atoms with Gasteiger partial charge < -0.3 is 5.73 Å². The monoisotopic (exact) mass is 160 g/mol. The van der Waals surface area contributed by atoms with Crippen LogP contribution in [0.2, 0.25) is 0 Å². The van der Waals surface area contributed by atoms with Crippen LogP contribution >= 0.6 is 0 Å². The van der Waals surface area contributed by atoms with Crippen molar-refractivity contribution in [1.29, 1.82) is 5.26 Å². The van der Waals surface area contributed by atoms with E-state index < -0.39 is 10.8 Å². The van der Waals surface area contributed by atoms with Gasteiger partial charge in [0.1, 0.15) is 0 Å². The van der Waals surface area contributed by atoms with E-state index in [2.05, 4.69) is 0 Å². The molecule has 0 bridgehead atoms. The van der Waals surface area contributed by atoms with E-state index in [1.54, 1.807) is 0 Å². The van der Waals surface area contributed by atoms with Gasteiger partial charge in [-0.1, -0.05) is 0 Å². The Morgan fingerprint density at radius 1 is 1.50 bits per heavy atom. The molecule has 10 heavy (non-hydrogen) atoms. The van der Waals surface area contributed by atoms with Gasteiger partial charge in [0.2, 0.25) is 0 Å². The molecule has 0 aromatic rings. The first-order valence-electron chi connectivity index (χ1n) is 3.23. The summed E-state index contributed by atoms with van der Waals surface area (Å²) in [7, 11) is -0.798. The molecule has 0 radical (unpaired) electrons. The molecule has 0 saturated heterocycles. The molecule has 0 aromatic carbocycles. The highest BCUT2D eigenvalue weighted by Gasteiger charge is 1.95. The van der Waals surface area contributed by atoms with Gasteiger partial charge in [-0.15, -0.1) is 0 Å². The highest BCUT2D eigenvalue weighted by atomic mass is 32.2. The van der Waals surface area contributed by atoms with Crippen LogP contribution in [0.1, 0.15) is 12.8 Å². The van der Waals surface area contributed by atoms with E-state index in [9.17, 15) is 4.21 Å². The predicted octanol–water partition coefficient (Wildman–Crippen LogP) is -0.00242. The fourth-order valence-corrected chi connectivity index (χ4v) is 1.48. The topological polar surface area (TPSA) is 66.9 Å². The minimum Gasteiger partial charge on any atom is -0.330 e. The molecular weight excluding hydrogens is 148 g/mol. The molecule has 4 heteroatoms. The zero-order valence-electron chi connectivity index (χ0n) is 5.88. The van der Waals surface area contributed by atoms with Gasteiger partial charge in [0, 0.05) is 35.3 Å². The molecule has 0 aliphatic heterocycles. The van der Waals surface area contributed by atoms with Gasteiger partial charge in [0.05, 0.1) is 6.07 Å². The van der Waals surface area contributed by atoms with Crippen LogP contribution in [-0.2, 0) is 10.8 Å². The Bertz CT molecular complexity index is 141. The Morgan fingerprint density at radius 3 is 2.70 bits per heavy atom. The number of hydrogen-bond donors (Lipinski definition) is 1. The first-order chi connectivity index (χ1) is 4.81. The Kier molecular flexibility index (Phi) is 6.45. The second-order valence-electron chi connectivity index (χ2n) is 1.90. The lowest BCUT2D eigenvalue weighted by atomic mass is 10.4. The van der Waals surface area contributed by atoms with Gasteiger partial charge >= 0.3 is 0 Å². The smallest absolute Gasteiger partial charge is 0.0622 e. The molecule has 0 aliphatic carbocycles. The summed E-state index contributed by atoms with van der Waals surface area (Å²) in [5, 5.41) is 8.14. The van der Waals surface area contributed by atoms with Crippen molar-refractivity contribution in [2.45, 2.75) is 12.8 Å². The van der Waals surface area contributed by atoms with Crippen LogP contribution in [0.5, 0.6) is 0 Å². The van der Waals surface area contributed by atoms with Crippen LogP contribution in [0.25, 0.3) is 0 Å². The van der Waals surface area contributed by atoms with Crippen LogP contribution < -0.4 is 5.73 Å². The average Bonchev–Trinajstić information content (AvgIpc) is 1.89. The molecule has 58 valence electrons. The third-order valence-electron chi connectivity index (χ3n) is 1.01. The highest BCUT2D eigenvalue weighted by Crippen LogP contribution is 1.90. The Hall–Kier alpha value is -0.400. The third kappa shape index (κ3) is 5.73. The third-order valence-corrected chi connectivity index (χ3v) is 2.44. The largest absolute Gasteiger partial charge is 0.330 e. The summed E-state index contributed by atoms with van der Waals surface area (Å²) in [4.78, 5) is 0. The zero-order valence-corrected chi connectivity index (χ0v) is 6.69. The molecule has 3 nitrogen and oxygen atoms in total. The Morgan fingerprint density at radius 2 is 2.20 bits per heavy atom. The fraction of sp³-hybridized carbons (Fsp3) is 0.833. The van der Waals surface area contributed by atoms with Crippen LogP contribution in [-0.4, -0.2) is 22.3 Å². The van der Waals surface area contributed by atoms with Gasteiger partial charge in [-0.3, -0.25) is 4.21 Å². The molecule has 1 unspecified atom stereocenters. The number of rotatable bonds is 5. The number of nitriles is 1. The summed E-state index contributed by atoms with van der Waals surface area (Å²) < 4.78 is 10.8. The standard InChI is InChI=1S/C6H12N2OS/c7-3-1-2-5-10(9)6-4-8/h1-2,4-6,8H2. The van der Waals surface area contributed by atoms with Gasteiger partial charge in [-0.25, -0.2) is 0 Å². The molecule has 0 aromatic heterocycles. The first-order valence-corrected chi connectivity index (χ1v) is 4.72. The van der Waals surface area contributed by atoms with Crippen LogP contribution in [0.4, 0.5) is 0 Å². The molecule has 0 heterocycles. The lowest BCUT2D eigenvalue weighted by Crippen LogP contribution is -2.12. The van der Waals surface area contributed by atoms with Crippen molar-refractivity contribution in [3.8, 4) is 6.07 Å². The van der Waals surface area contributed by atoms with Crippen molar-refractivity contribution in [3.63, 3.8) is 0 Å². The minimum atomic E-state index is -0.798. The summed E-state index contributed by atoms with van der Waals surface area (Å²) >= 11 is 0. The second-order valence-corrected chi connectivity index (χ2v) is 3.59. The number of nitrogens with two attached hydrogens (primary N) is 1. The SMILES string of the molecule is N#CCCCS(=O)CCN. The lowest BCUT2D eigenvalue weighted by molar-refractivity contribution is 0.680. The van der Waals surface area contributed by atoms with Gasteiger partial charge in [-0.05, 0) is 6.42 Å². The molecule has 1 atom stereocenters. The van der Waals surface area contributed by atoms with E-state index in [1.165, 1.54) is 0 Å². The maximum absolute atomic E-state index is 10.8. The summed E-state index contributed by atoms with van der Waals surface area (Å²) in [6, 6.07) is 2.00. The maximum atomic E-state index is 10.8. The maximum Gasteiger partial charge on any atom is 0.0622 e. The lowest BCUT2D eigenvalue weighted by Gasteiger charge is -1.95. The van der Waals surface area contributed by atoms with Crippen LogP contribution in [0.15, 0.2) is 0 Å². The van der Waals surface area contributed by atoms with E-state index >= 15 is 0 Å². The molecule has 0 spiro atoms. The van der Waals surface area contributed by atoms with Crippen molar-refractivity contribution in [1.82, 2.24) is 0 Å². The van der Waals surface area contributed by atoms with Crippen LogP contribution in [0.3, 0.4) is 0 Å². The zero-order chi connectivity index (χ0) is 7.82. The van der Waals surface area contributed by atoms with E-state index in [0.29, 0.717) is 24.5 Å². The number of hydrogen-bond acceptors (Lipinski definition) is 3. The van der Waals surface area contributed by atoms with Crippen molar-refractivity contribution in [2.75, 3.05) is 18.1 Å². The molecule has 0 fully saturated rings. The molecule has 2 N–H and O–H groups in total. The summed E-state index contributed by atoms with van der Waals surface area (Å²) in [6.07, 6.45) is 1.22. The molecular formula is C6H12N2OS. The van der Waals surface area contributed by atoms with E-state index in [1.807, 2.05) is 6.07 Å². The first kappa shape index (κ1) is 9.60. The van der Waals surface area contributed by atoms with Gasteiger partial charge in [-0.2, -0.15) is 5.26 Å². The van der Waals surface area contributed by atoms with E-state index in [-0.39, 0.29) is 0 Å². The van der Waals surface area contributed by atoms with Gasteiger partial charge in [0.15, 0.2) is 0 Å². The van der Waals surface area contributed by atoms with Gasteiger partial charge in [0.25, 0.3) is 0 Å². The van der Waals surface area contributed by atoms with Crippen LogP contribution in [0, 0.1) is 11.3 Å². The van der Waals surface area contributed by atoms with Crippen molar-refractivity contribution < 1.29 is 4.21 Å².